The third-order valence-electron chi connectivity index (χ3n) is 2.29. The number of hydrogen-bond donors (Lipinski definition) is 1. The van der Waals surface area contributed by atoms with Crippen molar-refractivity contribution in [2.24, 2.45) is 0 Å². The monoisotopic (exact) mass is 341 g/mol. The van der Waals surface area contributed by atoms with Crippen LogP contribution in [-0.4, -0.2) is 16.0 Å². The molecular formula is C12H12BrN3O2S. The Balaban J connectivity index is 1.92. The summed E-state index contributed by atoms with van der Waals surface area (Å²) in [7, 11) is 0. The molecule has 0 bridgehead atoms. The molecule has 0 fully saturated rings. The van der Waals surface area contributed by atoms with Crippen molar-refractivity contribution >= 4 is 39.2 Å². The van der Waals surface area contributed by atoms with E-state index in [1.165, 1.54) is 6.08 Å². The highest BCUT2D eigenvalue weighted by Gasteiger charge is 2.13. The maximum atomic E-state index is 11.7. The number of hydrogen-bond acceptors (Lipinski definition) is 5. The lowest BCUT2D eigenvalue weighted by atomic mass is 10.3. The maximum Gasteiger partial charge on any atom is 0.248 e. The van der Waals surface area contributed by atoms with Gasteiger partial charge in [-0.15, -0.1) is 11.3 Å². The number of aryl methyl sites for hydroxylation is 1. The van der Waals surface area contributed by atoms with E-state index in [1.807, 2.05) is 11.4 Å². The normalized spacial score (nSPS) is 12.8. The summed E-state index contributed by atoms with van der Waals surface area (Å²) in [5.41, 5.74) is 0.980. The molecule has 0 saturated heterocycles. The van der Waals surface area contributed by atoms with Crippen molar-refractivity contribution in [1.82, 2.24) is 15.5 Å². The van der Waals surface area contributed by atoms with Gasteiger partial charge in [0.25, 0.3) is 0 Å². The highest BCUT2D eigenvalue weighted by molar-refractivity contribution is 9.11. The number of carbonyl (C=O) groups is 1. The third kappa shape index (κ3) is 4.00. The van der Waals surface area contributed by atoms with Crippen LogP contribution in [0.5, 0.6) is 0 Å². The molecule has 2 aromatic heterocycles. The summed E-state index contributed by atoms with van der Waals surface area (Å²) in [6.45, 7) is 3.52. The molecule has 0 spiro atoms. The zero-order chi connectivity index (χ0) is 13.8. The summed E-state index contributed by atoms with van der Waals surface area (Å²) in [4.78, 5) is 15.8. The molecule has 19 heavy (non-hydrogen) atoms. The zero-order valence-electron chi connectivity index (χ0n) is 10.4. The predicted molar refractivity (Wildman–Crippen MR) is 76.6 cm³/mol. The van der Waals surface area contributed by atoms with Gasteiger partial charge in [-0.25, -0.2) is 0 Å². The van der Waals surface area contributed by atoms with Crippen molar-refractivity contribution in [1.29, 1.82) is 0 Å². The fourth-order valence-corrected chi connectivity index (χ4v) is 2.54. The van der Waals surface area contributed by atoms with E-state index in [0.29, 0.717) is 11.7 Å². The van der Waals surface area contributed by atoms with Crippen LogP contribution >= 0.6 is 27.3 Å². The number of rotatable bonds is 4. The van der Waals surface area contributed by atoms with E-state index in [0.717, 1.165) is 9.35 Å². The van der Waals surface area contributed by atoms with Crippen molar-refractivity contribution in [3.8, 4) is 0 Å². The molecule has 0 aliphatic carbocycles. The maximum absolute atomic E-state index is 11.7. The average molecular weight is 342 g/mol. The van der Waals surface area contributed by atoms with E-state index in [1.54, 1.807) is 31.3 Å². The molecule has 7 heteroatoms. The lowest BCUT2D eigenvalue weighted by molar-refractivity contribution is -0.117. The number of nitrogens with zero attached hydrogens (tertiary/aromatic N) is 2. The minimum absolute atomic E-state index is 0.203. The quantitative estimate of drug-likeness (QED) is 0.867. The van der Waals surface area contributed by atoms with Gasteiger partial charge in [-0.1, -0.05) is 5.16 Å². The van der Waals surface area contributed by atoms with Crippen LogP contribution in [0.4, 0.5) is 0 Å². The Labute approximate surface area is 122 Å². The molecule has 1 N–H and O–H groups in total. The van der Waals surface area contributed by atoms with Gasteiger partial charge in [-0.2, -0.15) is 4.98 Å². The van der Waals surface area contributed by atoms with Crippen LogP contribution < -0.4 is 5.32 Å². The number of amides is 1. The number of thiophene rings is 1. The van der Waals surface area contributed by atoms with Crippen molar-refractivity contribution in [3.63, 3.8) is 0 Å². The lowest BCUT2D eigenvalue weighted by Crippen LogP contribution is -2.24. The molecule has 0 unspecified atom stereocenters. The SMILES string of the molecule is Cc1noc([C@@H](C)NC(=O)/C=C/c2csc(Br)c2)n1. The summed E-state index contributed by atoms with van der Waals surface area (Å²) in [6, 6.07) is 1.63. The lowest BCUT2D eigenvalue weighted by Gasteiger charge is -2.06. The van der Waals surface area contributed by atoms with Crippen molar-refractivity contribution < 1.29 is 9.32 Å². The Morgan fingerprint density at radius 3 is 3.00 bits per heavy atom. The van der Waals surface area contributed by atoms with E-state index in [-0.39, 0.29) is 11.9 Å². The largest absolute Gasteiger partial charge is 0.341 e. The van der Waals surface area contributed by atoms with Crippen LogP contribution in [0.3, 0.4) is 0 Å². The van der Waals surface area contributed by atoms with Gasteiger partial charge in [0.05, 0.1) is 3.79 Å². The average Bonchev–Trinajstić information content (AvgIpc) is 2.95. The molecule has 1 atom stereocenters. The summed E-state index contributed by atoms with van der Waals surface area (Å²) in [5, 5.41) is 8.40. The van der Waals surface area contributed by atoms with Crippen molar-refractivity contribution in [2.75, 3.05) is 0 Å². The van der Waals surface area contributed by atoms with Gasteiger partial charge in [-0.05, 0) is 52.9 Å². The standard InChI is InChI=1S/C12H12BrN3O2S/c1-7(12-15-8(2)16-18-12)14-11(17)4-3-9-5-10(13)19-6-9/h3-7H,1-2H3,(H,14,17)/b4-3+/t7-/m1/s1. The first-order chi connectivity index (χ1) is 9.04. The second-order valence-corrected chi connectivity index (χ2v) is 6.22. The fraction of sp³-hybridized carbons (Fsp3) is 0.250. The van der Waals surface area contributed by atoms with Gasteiger partial charge in [0.2, 0.25) is 11.8 Å². The molecule has 2 rings (SSSR count). The minimum atomic E-state index is -0.312. The second-order valence-electron chi connectivity index (χ2n) is 3.93. The van der Waals surface area contributed by atoms with Crippen LogP contribution in [0.2, 0.25) is 0 Å². The van der Waals surface area contributed by atoms with E-state index < -0.39 is 0 Å². The smallest absolute Gasteiger partial charge is 0.248 e. The Bertz CT molecular complexity index is 606. The van der Waals surface area contributed by atoms with Gasteiger partial charge < -0.3 is 9.84 Å². The van der Waals surface area contributed by atoms with Crippen LogP contribution in [0, 0.1) is 6.92 Å². The summed E-state index contributed by atoms with van der Waals surface area (Å²) in [6.07, 6.45) is 3.23. The number of aromatic nitrogens is 2. The first-order valence-corrected chi connectivity index (χ1v) is 7.24. The van der Waals surface area contributed by atoms with Crippen LogP contribution in [0.15, 0.2) is 25.8 Å². The molecule has 100 valence electrons. The van der Waals surface area contributed by atoms with Crippen LogP contribution in [0.25, 0.3) is 6.08 Å². The topological polar surface area (TPSA) is 68.0 Å². The van der Waals surface area contributed by atoms with Gasteiger partial charge in [0.15, 0.2) is 5.82 Å². The highest BCUT2D eigenvalue weighted by Crippen LogP contribution is 2.21. The number of nitrogens with one attached hydrogen (secondary N) is 1. The molecule has 0 saturated carbocycles. The molecule has 0 aromatic carbocycles. The molecule has 5 nitrogen and oxygen atoms in total. The van der Waals surface area contributed by atoms with E-state index in [2.05, 4.69) is 31.4 Å². The zero-order valence-corrected chi connectivity index (χ0v) is 12.8. The number of carbonyl (C=O) groups excluding carboxylic acids is 1. The van der Waals surface area contributed by atoms with Gasteiger partial charge in [-0.3, -0.25) is 4.79 Å². The summed E-state index contributed by atoms with van der Waals surface area (Å²) >= 11 is 4.94. The van der Waals surface area contributed by atoms with Crippen LogP contribution in [-0.2, 0) is 4.79 Å². The van der Waals surface area contributed by atoms with Crippen molar-refractivity contribution in [2.45, 2.75) is 19.9 Å². The molecular weight excluding hydrogens is 330 g/mol. The first-order valence-electron chi connectivity index (χ1n) is 5.57. The van der Waals surface area contributed by atoms with Gasteiger partial charge in [0.1, 0.15) is 6.04 Å². The van der Waals surface area contributed by atoms with Crippen LogP contribution in [0.1, 0.15) is 30.2 Å². The molecule has 0 aliphatic rings. The predicted octanol–water partition coefficient (Wildman–Crippen LogP) is 3.09. The van der Waals surface area contributed by atoms with Gasteiger partial charge >= 0.3 is 0 Å². The summed E-state index contributed by atoms with van der Waals surface area (Å²) < 4.78 is 6.02. The molecule has 2 aromatic rings. The fourth-order valence-electron chi connectivity index (χ4n) is 1.39. The Hall–Kier alpha value is -1.47. The first kappa shape index (κ1) is 14.0. The van der Waals surface area contributed by atoms with E-state index >= 15 is 0 Å². The number of halogens is 1. The molecule has 0 radical (unpaired) electrons. The van der Waals surface area contributed by atoms with E-state index in [4.69, 9.17) is 4.52 Å². The van der Waals surface area contributed by atoms with Crippen molar-refractivity contribution in [3.05, 3.63) is 38.6 Å². The Morgan fingerprint density at radius 1 is 1.63 bits per heavy atom. The Kier molecular flexibility index (Phi) is 4.49. The summed E-state index contributed by atoms with van der Waals surface area (Å²) in [5.74, 6) is 0.748. The molecule has 2 heterocycles. The minimum Gasteiger partial charge on any atom is -0.341 e. The second kappa shape index (κ2) is 6.12. The molecule has 0 aliphatic heterocycles. The van der Waals surface area contributed by atoms with Gasteiger partial charge in [0, 0.05) is 6.08 Å². The Morgan fingerprint density at radius 2 is 2.42 bits per heavy atom. The highest BCUT2D eigenvalue weighted by atomic mass is 79.9. The van der Waals surface area contributed by atoms with E-state index in [9.17, 15) is 4.79 Å². The molecule has 1 amide bonds. The third-order valence-corrected chi connectivity index (χ3v) is 3.81.